The first kappa shape index (κ1) is 16.5. The summed E-state index contributed by atoms with van der Waals surface area (Å²) in [5.74, 6) is 1.18. The van der Waals surface area contributed by atoms with Gasteiger partial charge in [-0.25, -0.2) is 0 Å². The first-order chi connectivity index (χ1) is 12.8. The van der Waals surface area contributed by atoms with E-state index >= 15 is 0 Å². The van der Waals surface area contributed by atoms with Gasteiger partial charge in [-0.05, 0) is 34.7 Å². The number of aryl methyl sites for hydroxylation is 1. The van der Waals surface area contributed by atoms with Crippen LogP contribution >= 0.6 is 0 Å². The van der Waals surface area contributed by atoms with Crippen molar-refractivity contribution in [3.05, 3.63) is 95.6 Å². The van der Waals surface area contributed by atoms with Gasteiger partial charge < -0.3 is 10.3 Å². The van der Waals surface area contributed by atoms with Crippen LogP contribution in [-0.2, 0) is 12.8 Å². The Morgan fingerprint density at radius 2 is 1.62 bits per heavy atom. The van der Waals surface area contributed by atoms with Gasteiger partial charge in [-0.15, -0.1) is 0 Å². The zero-order valence-corrected chi connectivity index (χ0v) is 14.5. The molecule has 0 bridgehead atoms. The molecule has 130 valence electrons. The number of rotatable bonds is 6. The zero-order valence-electron chi connectivity index (χ0n) is 14.5. The molecule has 0 saturated heterocycles. The third kappa shape index (κ3) is 3.81. The molecule has 4 nitrogen and oxygen atoms in total. The van der Waals surface area contributed by atoms with Crippen LogP contribution in [0.3, 0.4) is 0 Å². The molecule has 2 N–H and O–H groups in total. The highest BCUT2D eigenvalue weighted by molar-refractivity contribution is 5.83. The van der Waals surface area contributed by atoms with E-state index in [-0.39, 0.29) is 6.04 Å². The molecule has 4 heteroatoms. The fourth-order valence-electron chi connectivity index (χ4n) is 3.11. The lowest BCUT2D eigenvalue weighted by Crippen LogP contribution is -2.12. The van der Waals surface area contributed by atoms with E-state index in [0.717, 1.165) is 18.4 Å². The van der Waals surface area contributed by atoms with Crippen molar-refractivity contribution in [2.45, 2.75) is 25.3 Å². The normalized spacial score (nSPS) is 12.3. The van der Waals surface area contributed by atoms with E-state index in [0.29, 0.717) is 18.1 Å². The number of benzene rings is 3. The second kappa shape index (κ2) is 7.50. The molecule has 1 aromatic heterocycles. The standard InChI is InChI=1S/C22H21N3O/c23-20(13-11-16-6-2-1-3-7-16)22-24-21(25-26-22)15-17-10-12-18-8-4-5-9-19(18)14-17/h1-10,12,14,20H,11,13,15,23H2/t20-/m0/s1. The first-order valence-corrected chi connectivity index (χ1v) is 8.87. The molecule has 0 aliphatic rings. The smallest absolute Gasteiger partial charge is 0.243 e. The quantitative estimate of drug-likeness (QED) is 0.562. The van der Waals surface area contributed by atoms with Crippen LogP contribution in [0.2, 0.25) is 0 Å². The van der Waals surface area contributed by atoms with E-state index in [1.54, 1.807) is 0 Å². The highest BCUT2D eigenvalue weighted by atomic mass is 16.5. The minimum atomic E-state index is -0.243. The molecular formula is C22H21N3O. The maximum absolute atomic E-state index is 6.23. The van der Waals surface area contributed by atoms with Crippen LogP contribution in [-0.4, -0.2) is 10.1 Å². The zero-order chi connectivity index (χ0) is 17.8. The molecule has 4 rings (SSSR count). The largest absolute Gasteiger partial charge is 0.338 e. The minimum absolute atomic E-state index is 0.243. The van der Waals surface area contributed by atoms with Gasteiger partial charge in [0.25, 0.3) is 0 Å². The minimum Gasteiger partial charge on any atom is -0.338 e. The summed E-state index contributed by atoms with van der Waals surface area (Å²) in [5.41, 5.74) is 8.65. The molecule has 3 aromatic carbocycles. The number of hydrogen-bond acceptors (Lipinski definition) is 4. The van der Waals surface area contributed by atoms with E-state index in [1.165, 1.54) is 16.3 Å². The average molecular weight is 343 g/mol. The fraction of sp³-hybridized carbons (Fsp3) is 0.182. The summed E-state index contributed by atoms with van der Waals surface area (Å²) < 4.78 is 5.39. The van der Waals surface area contributed by atoms with Crippen molar-refractivity contribution in [3.8, 4) is 0 Å². The maximum atomic E-state index is 6.23. The third-order valence-electron chi connectivity index (χ3n) is 4.56. The van der Waals surface area contributed by atoms with E-state index in [4.69, 9.17) is 10.3 Å². The van der Waals surface area contributed by atoms with Crippen molar-refractivity contribution in [2.75, 3.05) is 0 Å². The van der Waals surface area contributed by atoms with E-state index in [9.17, 15) is 0 Å². The Morgan fingerprint density at radius 1 is 0.846 bits per heavy atom. The van der Waals surface area contributed by atoms with Gasteiger partial charge in [0.2, 0.25) is 5.89 Å². The monoisotopic (exact) mass is 343 g/mol. The van der Waals surface area contributed by atoms with E-state index < -0.39 is 0 Å². The summed E-state index contributed by atoms with van der Waals surface area (Å²) in [5, 5.41) is 6.55. The summed E-state index contributed by atoms with van der Waals surface area (Å²) in [7, 11) is 0. The molecule has 0 fully saturated rings. The number of fused-ring (bicyclic) bond motifs is 1. The third-order valence-corrected chi connectivity index (χ3v) is 4.56. The van der Waals surface area contributed by atoms with Crippen molar-refractivity contribution >= 4 is 10.8 Å². The van der Waals surface area contributed by atoms with E-state index in [2.05, 4.69) is 52.6 Å². The van der Waals surface area contributed by atoms with Crippen molar-refractivity contribution in [2.24, 2.45) is 5.73 Å². The van der Waals surface area contributed by atoms with E-state index in [1.807, 2.05) is 30.3 Å². The Kier molecular flexibility index (Phi) is 4.75. The van der Waals surface area contributed by atoms with Gasteiger partial charge in [0, 0.05) is 6.42 Å². The van der Waals surface area contributed by atoms with Crippen molar-refractivity contribution < 1.29 is 4.52 Å². The molecule has 0 aliphatic carbocycles. The van der Waals surface area contributed by atoms with Crippen LogP contribution < -0.4 is 5.73 Å². The molecule has 0 spiro atoms. The highest BCUT2D eigenvalue weighted by Crippen LogP contribution is 2.19. The van der Waals surface area contributed by atoms with Crippen LogP contribution in [0.25, 0.3) is 10.8 Å². The second-order valence-electron chi connectivity index (χ2n) is 6.54. The second-order valence-corrected chi connectivity index (χ2v) is 6.54. The van der Waals surface area contributed by atoms with Crippen LogP contribution in [0, 0.1) is 0 Å². The van der Waals surface area contributed by atoms with Gasteiger partial charge in [-0.3, -0.25) is 0 Å². The molecular weight excluding hydrogens is 322 g/mol. The Labute approximate surface area is 152 Å². The summed E-state index contributed by atoms with van der Waals surface area (Å²) in [4.78, 5) is 4.50. The summed E-state index contributed by atoms with van der Waals surface area (Å²) in [6, 6.07) is 24.8. The number of nitrogens with two attached hydrogens (primary N) is 1. The van der Waals surface area contributed by atoms with Gasteiger partial charge in [-0.1, -0.05) is 78.0 Å². The molecule has 0 radical (unpaired) electrons. The summed E-state index contributed by atoms with van der Waals surface area (Å²) >= 11 is 0. The lowest BCUT2D eigenvalue weighted by atomic mass is 10.0. The Balaban J connectivity index is 1.41. The lowest BCUT2D eigenvalue weighted by molar-refractivity contribution is 0.345. The van der Waals surface area contributed by atoms with Crippen LogP contribution in [0.5, 0.6) is 0 Å². The van der Waals surface area contributed by atoms with Crippen molar-refractivity contribution in [1.29, 1.82) is 0 Å². The van der Waals surface area contributed by atoms with Crippen molar-refractivity contribution in [1.82, 2.24) is 10.1 Å². The Bertz CT molecular complexity index is 994. The number of nitrogens with zero attached hydrogens (tertiary/aromatic N) is 2. The molecule has 0 unspecified atom stereocenters. The summed E-state index contributed by atoms with van der Waals surface area (Å²) in [6.45, 7) is 0. The topological polar surface area (TPSA) is 64.9 Å². The number of hydrogen-bond donors (Lipinski definition) is 1. The fourth-order valence-corrected chi connectivity index (χ4v) is 3.11. The molecule has 4 aromatic rings. The highest BCUT2D eigenvalue weighted by Gasteiger charge is 2.15. The van der Waals surface area contributed by atoms with Gasteiger partial charge in [0.15, 0.2) is 5.82 Å². The van der Waals surface area contributed by atoms with Gasteiger partial charge in [0.1, 0.15) is 0 Å². The number of aromatic nitrogens is 2. The molecule has 0 saturated carbocycles. The molecule has 0 aliphatic heterocycles. The summed E-state index contributed by atoms with van der Waals surface area (Å²) in [6.07, 6.45) is 2.31. The first-order valence-electron chi connectivity index (χ1n) is 8.87. The average Bonchev–Trinajstić information content (AvgIpc) is 3.15. The van der Waals surface area contributed by atoms with Gasteiger partial charge in [-0.2, -0.15) is 4.98 Å². The Morgan fingerprint density at radius 3 is 2.46 bits per heavy atom. The predicted octanol–water partition coefficient (Wildman–Crippen LogP) is 4.45. The van der Waals surface area contributed by atoms with Crippen LogP contribution in [0.15, 0.2) is 77.3 Å². The lowest BCUT2D eigenvalue weighted by Gasteiger charge is -2.06. The maximum Gasteiger partial charge on any atom is 0.243 e. The molecule has 1 heterocycles. The van der Waals surface area contributed by atoms with Gasteiger partial charge >= 0.3 is 0 Å². The van der Waals surface area contributed by atoms with Crippen LogP contribution in [0.4, 0.5) is 0 Å². The van der Waals surface area contributed by atoms with Crippen molar-refractivity contribution in [3.63, 3.8) is 0 Å². The predicted molar refractivity (Wildman–Crippen MR) is 103 cm³/mol. The molecule has 26 heavy (non-hydrogen) atoms. The molecule has 1 atom stereocenters. The SMILES string of the molecule is N[C@@H](CCc1ccccc1)c1nc(Cc2ccc3ccccc3c2)no1. The van der Waals surface area contributed by atoms with Crippen LogP contribution in [0.1, 0.15) is 35.3 Å². The van der Waals surface area contributed by atoms with Gasteiger partial charge in [0.05, 0.1) is 6.04 Å². The Hall–Kier alpha value is -2.98. The molecule has 0 amide bonds.